The Bertz CT molecular complexity index is 762. The predicted molar refractivity (Wildman–Crippen MR) is 120 cm³/mol. The molecule has 0 aliphatic heterocycles. The van der Waals surface area contributed by atoms with E-state index in [4.69, 9.17) is 13.9 Å². The van der Waals surface area contributed by atoms with E-state index in [2.05, 4.69) is 10.3 Å². The third kappa shape index (κ3) is 7.06. The number of carbonyl (C=O) groups excluding carboxylic acids is 1. The summed E-state index contributed by atoms with van der Waals surface area (Å²) >= 11 is 0. The maximum absolute atomic E-state index is 11.7. The van der Waals surface area contributed by atoms with Crippen LogP contribution in [0.25, 0.3) is 0 Å². The lowest BCUT2D eigenvalue weighted by atomic mass is 10.2. The Morgan fingerprint density at radius 2 is 2.00 bits per heavy atom. The summed E-state index contributed by atoms with van der Waals surface area (Å²) in [7, 11) is 3.30. The summed E-state index contributed by atoms with van der Waals surface area (Å²) in [5.41, 5.74) is 0.428. The number of aliphatic imine (C=N–C) groups is 1. The van der Waals surface area contributed by atoms with Crippen molar-refractivity contribution in [3.8, 4) is 5.75 Å². The molecule has 0 fully saturated rings. The average Bonchev–Trinajstić information content (AvgIpc) is 3.05. The summed E-state index contributed by atoms with van der Waals surface area (Å²) < 4.78 is 16.1. The fourth-order valence-corrected chi connectivity index (χ4v) is 2.48. The number of para-hydroxylation sites is 1. The number of halogens is 1. The van der Waals surface area contributed by atoms with E-state index >= 15 is 0 Å². The number of methoxy groups -OCH3 is 1. The van der Waals surface area contributed by atoms with Gasteiger partial charge in [-0.15, -0.1) is 24.0 Å². The zero-order valence-electron chi connectivity index (χ0n) is 16.7. The molecule has 1 heterocycles. The van der Waals surface area contributed by atoms with Crippen LogP contribution in [0.1, 0.15) is 28.8 Å². The molecule has 0 aliphatic carbocycles. The lowest BCUT2D eigenvalue weighted by Gasteiger charge is -2.22. The van der Waals surface area contributed by atoms with E-state index in [0.717, 1.165) is 18.3 Å². The number of nitrogens with zero attached hydrogens (tertiary/aromatic N) is 2. The Kier molecular flexibility index (Phi) is 10.4. The van der Waals surface area contributed by atoms with E-state index in [1.165, 1.54) is 7.11 Å². The van der Waals surface area contributed by atoms with Gasteiger partial charge in [0.1, 0.15) is 36.0 Å². The van der Waals surface area contributed by atoms with Gasteiger partial charge in [-0.05, 0) is 32.0 Å². The van der Waals surface area contributed by atoms with Gasteiger partial charge >= 0.3 is 5.97 Å². The number of likely N-dealkylation sites (N-methyl/N-ethyl adjacent to an activating group) is 1. The van der Waals surface area contributed by atoms with Crippen LogP contribution in [0.2, 0.25) is 0 Å². The van der Waals surface area contributed by atoms with Crippen molar-refractivity contribution in [2.24, 2.45) is 4.99 Å². The van der Waals surface area contributed by atoms with E-state index in [0.29, 0.717) is 36.8 Å². The fourth-order valence-electron chi connectivity index (χ4n) is 2.48. The normalized spacial score (nSPS) is 10.8. The fraction of sp³-hybridized carbons (Fsp3) is 0.400. The van der Waals surface area contributed by atoms with Gasteiger partial charge in [-0.25, -0.2) is 9.79 Å². The van der Waals surface area contributed by atoms with Gasteiger partial charge in [0.2, 0.25) is 0 Å². The summed E-state index contributed by atoms with van der Waals surface area (Å²) in [5.74, 6) is 2.31. The van der Waals surface area contributed by atoms with Gasteiger partial charge in [-0.1, -0.05) is 18.2 Å². The molecule has 0 bridgehead atoms. The van der Waals surface area contributed by atoms with Crippen LogP contribution in [0.3, 0.4) is 0 Å². The van der Waals surface area contributed by atoms with Crippen LogP contribution in [0, 0.1) is 6.92 Å². The first-order chi connectivity index (χ1) is 13.0. The zero-order valence-corrected chi connectivity index (χ0v) is 19.1. The van der Waals surface area contributed by atoms with Crippen LogP contribution in [0.15, 0.2) is 45.8 Å². The summed E-state index contributed by atoms with van der Waals surface area (Å²) in [6, 6.07) is 11.4. The van der Waals surface area contributed by atoms with Gasteiger partial charge in [0.25, 0.3) is 0 Å². The number of rotatable bonds is 8. The maximum atomic E-state index is 11.7. The van der Waals surface area contributed by atoms with Crippen molar-refractivity contribution in [2.45, 2.75) is 20.4 Å². The van der Waals surface area contributed by atoms with E-state index in [-0.39, 0.29) is 24.0 Å². The van der Waals surface area contributed by atoms with Crippen LogP contribution < -0.4 is 10.1 Å². The molecule has 7 nitrogen and oxygen atoms in total. The standard InChI is InChI=1S/C20H27N3O4.HI/c1-5-21-20(23(3)11-12-26-16-9-7-6-8-10-16)22-14-17-13-18(15(2)27-17)19(24)25-4;/h6-10,13H,5,11-12,14H2,1-4H3,(H,21,22);1H. The van der Waals surface area contributed by atoms with Gasteiger partial charge in [-0.3, -0.25) is 0 Å². The summed E-state index contributed by atoms with van der Waals surface area (Å²) in [6.45, 7) is 6.02. The molecule has 28 heavy (non-hydrogen) atoms. The van der Waals surface area contributed by atoms with E-state index in [1.807, 2.05) is 49.2 Å². The van der Waals surface area contributed by atoms with E-state index < -0.39 is 5.97 Å². The second-order valence-electron chi connectivity index (χ2n) is 5.93. The molecular formula is C20H28IN3O4. The predicted octanol–water partition coefficient (Wildman–Crippen LogP) is 3.47. The zero-order chi connectivity index (χ0) is 19.6. The van der Waals surface area contributed by atoms with Crippen molar-refractivity contribution in [3.05, 3.63) is 53.5 Å². The molecule has 0 saturated heterocycles. The Balaban J connectivity index is 0.00000392. The first-order valence-corrected chi connectivity index (χ1v) is 8.90. The molecule has 2 rings (SSSR count). The Labute approximate surface area is 183 Å². The number of nitrogens with one attached hydrogen (secondary N) is 1. The lowest BCUT2D eigenvalue weighted by molar-refractivity contribution is 0.0599. The highest BCUT2D eigenvalue weighted by Gasteiger charge is 2.15. The molecular weight excluding hydrogens is 473 g/mol. The Morgan fingerprint density at radius 1 is 1.29 bits per heavy atom. The van der Waals surface area contributed by atoms with Crippen LogP contribution >= 0.6 is 24.0 Å². The molecule has 8 heteroatoms. The average molecular weight is 501 g/mol. The van der Waals surface area contributed by atoms with Gasteiger partial charge in [0.15, 0.2) is 5.96 Å². The molecule has 0 unspecified atom stereocenters. The molecule has 0 saturated carbocycles. The van der Waals surface area contributed by atoms with E-state index in [1.54, 1.807) is 13.0 Å². The largest absolute Gasteiger partial charge is 0.492 e. The number of esters is 1. The highest BCUT2D eigenvalue weighted by Crippen LogP contribution is 2.16. The first kappa shape index (κ1) is 23.8. The molecule has 0 aliphatic rings. The molecule has 154 valence electrons. The first-order valence-electron chi connectivity index (χ1n) is 8.90. The third-order valence-corrected chi connectivity index (χ3v) is 3.89. The maximum Gasteiger partial charge on any atom is 0.341 e. The highest BCUT2D eigenvalue weighted by molar-refractivity contribution is 14.0. The SMILES string of the molecule is CCNC(=NCc1cc(C(=O)OC)c(C)o1)N(C)CCOc1ccccc1.I. The van der Waals surface area contributed by atoms with Crippen LogP contribution in [0.5, 0.6) is 5.75 Å². The van der Waals surface area contributed by atoms with E-state index in [9.17, 15) is 4.79 Å². The number of benzene rings is 1. The summed E-state index contributed by atoms with van der Waals surface area (Å²) in [5, 5.41) is 3.24. The van der Waals surface area contributed by atoms with Crippen molar-refractivity contribution in [1.29, 1.82) is 0 Å². The minimum Gasteiger partial charge on any atom is -0.492 e. The monoisotopic (exact) mass is 501 g/mol. The number of ether oxygens (including phenoxy) is 2. The highest BCUT2D eigenvalue weighted by atomic mass is 127. The molecule has 0 atom stereocenters. The number of hydrogen-bond donors (Lipinski definition) is 1. The van der Waals surface area contributed by atoms with Crippen molar-refractivity contribution < 1.29 is 18.7 Å². The van der Waals surface area contributed by atoms with Crippen molar-refractivity contribution in [1.82, 2.24) is 10.2 Å². The van der Waals surface area contributed by atoms with Crippen LogP contribution in [-0.2, 0) is 11.3 Å². The van der Waals surface area contributed by atoms with Crippen molar-refractivity contribution in [3.63, 3.8) is 0 Å². The second-order valence-corrected chi connectivity index (χ2v) is 5.93. The van der Waals surface area contributed by atoms with Gasteiger partial charge < -0.3 is 24.1 Å². The van der Waals surface area contributed by atoms with Gasteiger partial charge in [-0.2, -0.15) is 0 Å². The Hall–Kier alpha value is -2.23. The molecule has 2 aromatic rings. The van der Waals surface area contributed by atoms with Gasteiger partial charge in [0, 0.05) is 13.6 Å². The molecule has 1 aromatic carbocycles. The number of guanidine groups is 1. The number of furan rings is 1. The quantitative estimate of drug-likeness (QED) is 0.259. The molecule has 0 spiro atoms. The Morgan fingerprint density at radius 3 is 2.64 bits per heavy atom. The van der Waals surface area contributed by atoms with Gasteiger partial charge in [0.05, 0.1) is 13.7 Å². The number of carbonyl (C=O) groups is 1. The third-order valence-electron chi connectivity index (χ3n) is 3.89. The molecule has 0 amide bonds. The lowest BCUT2D eigenvalue weighted by Crippen LogP contribution is -2.40. The number of aryl methyl sites for hydroxylation is 1. The topological polar surface area (TPSA) is 76.3 Å². The smallest absolute Gasteiger partial charge is 0.341 e. The second kappa shape index (κ2) is 12.3. The minimum atomic E-state index is -0.409. The molecule has 0 radical (unpaired) electrons. The summed E-state index contributed by atoms with van der Waals surface area (Å²) in [6.07, 6.45) is 0. The summed E-state index contributed by atoms with van der Waals surface area (Å²) in [4.78, 5) is 18.2. The molecule has 1 aromatic heterocycles. The van der Waals surface area contributed by atoms with Crippen LogP contribution in [-0.4, -0.2) is 50.7 Å². The van der Waals surface area contributed by atoms with Crippen LogP contribution in [0.4, 0.5) is 0 Å². The minimum absolute atomic E-state index is 0. The van der Waals surface area contributed by atoms with Crippen molar-refractivity contribution in [2.75, 3.05) is 33.9 Å². The number of hydrogen-bond acceptors (Lipinski definition) is 5. The van der Waals surface area contributed by atoms with Crippen molar-refractivity contribution >= 4 is 35.9 Å². The molecule has 1 N–H and O–H groups in total.